The summed E-state index contributed by atoms with van der Waals surface area (Å²) >= 11 is 0. The van der Waals surface area contributed by atoms with Gasteiger partial charge in [0.25, 0.3) is 0 Å². The van der Waals surface area contributed by atoms with Gasteiger partial charge in [-0.1, -0.05) is 32.0 Å². The lowest BCUT2D eigenvalue weighted by Gasteiger charge is -2.18. The Balaban J connectivity index is 2.48. The van der Waals surface area contributed by atoms with Crippen molar-refractivity contribution in [2.24, 2.45) is 0 Å². The summed E-state index contributed by atoms with van der Waals surface area (Å²) in [5.74, 6) is 0.903. The van der Waals surface area contributed by atoms with E-state index in [2.05, 4.69) is 13.8 Å². The van der Waals surface area contributed by atoms with Crippen molar-refractivity contribution in [1.29, 1.82) is 0 Å². The molecule has 3 heteroatoms. The lowest BCUT2D eigenvalue weighted by atomic mass is 10.0. The number of benzene rings is 2. The van der Waals surface area contributed by atoms with Crippen molar-refractivity contribution < 1.29 is 14.2 Å². The number of rotatable bonds is 4. The van der Waals surface area contributed by atoms with Crippen molar-refractivity contribution >= 4 is 0 Å². The lowest BCUT2D eigenvalue weighted by Crippen LogP contribution is -2.01. The van der Waals surface area contributed by atoms with Gasteiger partial charge in [-0.15, -0.1) is 0 Å². The molecule has 112 valence electrons. The fraction of sp³-hybridized carbons (Fsp3) is 0.333. The minimum Gasteiger partial charge on any atom is -0.457 e. The minimum atomic E-state index is -0.923. The van der Waals surface area contributed by atoms with E-state index in [9.17, 15) is 9.50 Å². The molecule has 0 unspecified atom stereocenters. The maximum absolute atomic E-state index is 13.9. The molecular weight excluding hydrogens is 267 g/mol. The molecule has 0 saturated carbocycles. The van der Waals surface area contributed by atoms with E-state index in [-0.39, 0.29) is 5.56 Å². The molecular formula is C18H21FO2. The minimum absolute atomic E-state index is 0.189. The molecule has 2 aromatic carbocycles. The van der Waals surface area contributed by atoms with Gasteiger partial charge < -0.3 is 9.84 Å². The van der Waals surface area contributed by atoms with Crippen molar-refractivity contribution in [3.8, 4) is 11.5 Å². The summed E-state index contributed by atoms with van der Waals surface area (Å²) in [6, 6.07) is 10.6. The van der Waals surface area contributed by atoms with Crippen LogP contribution in [0.3, 0.4) is 0 Å². The third kappa shape index (κ3) is 3.42. The number of hydrogen-bond acceptors (Lipinski definition) is 2. The second-order valence-electron chi connectivity index (χ2n) is 5.63. The second-order valence-corrected chi connectivity index (χ2v) is 5.63. The van der Waals surface area contributed by atoms with Crippen LogP contribution >= 0.6 is 0 Å². The van der Waals surface area contributed by atoms with Crippen molar-refractivity contribution in [2.75, 3.05) is 0 Å². The quantitative estimate of drug-likeness (QED) is 0.847. The monoisotopic (exact) mass is 288 g/mol. The summed E-state index contributed by atoms with van der Waals surface area (Å²) in [4.78, 5) is 0. The summed E-state index contributed by atoms with van der Waals surface area (Å²) < 4.78 is 19.8. The molecule has 0 saturated heterocycles. The topological polar surface area (TPSA) is 29.5 Å². The van der Waals surface area contributed by atoms with E-state index in [0.717, 1.165) is 11.1 Å². The van der Waals surface area contributed by atoms with Crippen LogP contribution in [0.2, 0.25) is 0 Å². The molecule has 0 heterocycles. The first-order valence-electron chi connectivity index (χ1n) is 7.15. The van der Waals surface area contributed by atoms with Crippen LogP contribution in [0, 0.1) is 12.7 Å². The van der Waals surface area contributed by atoms with Crippen molar-refractivity contribution in [3.63, 3.8) is 0 Å². The van der Waals surface area contributed by atoms with Crippen molar-refractivity contribution in [1.82, 2.24) is 0 Å². The van der Waals surface area contributed by atoms with Crippen molar-refractivity contribution in [3.05, 3.63) is 58.9 Å². The number of aliphatic hydroxyl groups is 1. The zero-order valence-electron chi connectivity index (χ0n) is 12.9. The van der Waals surface area contributed by atoms with E-state index in [1.165, 1.54) is 13.0 Å². The first-order chi connectivity index (χ1) is 9.90. The van der Waals surface area contributed by atoms with Gasteiger partial charge in [-0.2, -0.15) is 0 Å². The molecule has 1 atom stereocenters. The Morgan fingerprint density at radius 1 is 1.05 bits per heavy atom. The lowest BCUT2D eigenvalue weighted by molar-refractivity contribution is 0.190. The number of hydrogen-bond donors (Lipinski definition) is 1. The van der Waals surface area contributed by atoms with E-state index >= 15 is 0 Å². The standard InChI is InChI=1S/C18H21FO2/c1-11(2)14-9-8-12(3)10-17(14)21-16-7-5-6-15(19)18(16)13(4)20/h5-11,13,20H,1-4H3/t13-/m0/s1. The number of halogens is 1. The van der Waals surface area contributed by atoms with Crippen LogP contribution in [0.25, 0.3) is 0 Å². The fourth-order valence-electron chi connectivity index (χ4n) is 2.34. The molecule has 0 aliphatic heterocycles. The van der Waals surface area contributed by atoms with E-state index < -0.39 is 11.9 Å². The van der Waals surface area contributed by atoms with Crippen molar-refractivity contribution in [2.45, 2.75) is 39.7 Å². The van der Waals surface area contributed by atoms with E-state index in [0.29, 0.717) is 17.4 Å². The van der Waals surface area contributed by atoms with Gasteiger partial charge in [-0.25, -0.2) is 4.39 Å². The Hall–Kier alpha value is -1.87. The summed E-state index contributed by atoms with van der Waals surface area (Å²) in [6.45, 7) is 7.68. The molecule has 0 bridgehead atoms. The highest BCUT2D eigenvalue weighted by molar-refractivity contribution is 5.45. The van der Waals surface area contributed by atoms with Crippen LogP contribution in [0.4, 0.5) is 4.39 Å². The van der Waals surface area contributed by atoms with Gasteiger partial charge >= 0.3 is 0 Å². The third-order valence-electron chi connectivity index (χ3n) is 3.44. The Bertz CT molecular complexity index is 633. The fourth-order valence-corrected chi connectivity index (χ4v) is 2.34. The Morgan fingerprint density at radius 2 is 1.76 bits per heavy atom. The van der Waals surface area contributed by atoms with Crippen LogP contribution < -0.4 is 4.74 Å². The largest absolute Gasteiger partial charge is 0.457 e. The summed E-state index contributed by atoms with van der Waals surface area (Å²) in [5.41, 5.74) is 2.32. The Kier molecular flexibility index (Phi) is 4.63. The molecule has 2 rings (SSSR count). The predicted octanol–water partition coefficient (Wildman–Crippen LogP) is 5.10. The summed E-state index contributed by atoms with van der Waals surface area (Å²) in [6.07, 6.45) is -0.923. The normalized spacial score (nSPS) is 12.5. The van der Waals surface area contributed by atoms with Gasteiger partial charge in [0.1, 0.15) is 17.3 Å². The number of aryl methyl sites for hydroxylation is 1. The van der Waals surface area contributed by atoms with Gasteiger partial charge in [0.15, 0.2) is 0 Å². The maximum Gasteiger partial charge on any atom is 0.136 e. The van der Waals surface area contributed by atoms with Crippen LogP contribution in [-0.4, -0.2) is 5.11 Å². The van der Waals surface area contributed by atoms with E-state index in [4.69, 9.17) is 4.74 Å². The summed E-state index contributed by atoms with van der Waals surface area (Å²) in [5, 5.41) is 9.78. The number of ether oxygens (including phenoxy) is 1. The summed E-state index contributed by atoms with van der Waals surface area (Å²) in [7, 11) is 0. The zero-order chi connectivity index (χ0) is 15.6. The second kappa shape index (κ2) is 6.27. The highest BCUT2D eigenvalue weighted by Crippen LogP contribution is 2.35. The zero-order valence-corrected chi connectivity index (χ0v) is 12.9. The molecule has 0 aromatic heterocycles. The SMILES string of the molecule is Cc1ccc(C(C)C)c(Oc2cccc(F)c2[C@H](C)O)c1. The third-order valence-corrected chi connectivity index (χ3v) is 3.44. The predicted molar refractivity (Wildman–Crippen MR) is 82.4 cm³/mol. The van der Waals surface area contributed by atoms with E-state index in [1.54, 1.807) is 12.1 Å². The van der Waals surface area contributed by atoms with Gasteiger partial charge in [0, 0.05) is 0 Å². The molecule has 0 aliphatic rings. The molecule has 2 aromatic rings. The molecule has 0 spiro atoms. The van der Waals surface area contributed by atoms with Crippen LogP contribution in [0.1, 0.15) is 49.5 Å². The highest BCUT2D eigenvalue weighted by Gasteiger charge is 2.17. The van der Waals surface area contributed by atoms with Gasteiger partial charge in [-0.3, -0.25) is 0 Å². The van der Waals surface area contributed by atoms with Crippen LogP contribution in [0.5, 0.6) is 11.5 Å². The average molecular weight is 288 g/mol. The molecule has 0 aliphatic carbocycles. The molecule has 1 N–H and O–H groups in total. The Morgan fingerprint density at radius 3 is 2.38 bits per heavy atom. The molecule has 0 amide bonds. The maximum atomic E-state index is 13.9. The van der Waals surface area contributed by atoms with Gasteiger partial charge in [0.2, 0.25) is 0 Å². The average Bonchev–Trinajstić information content (AvgIpc) is 2.37. The van der Waals surface area contributed by atoms with Crippen LogP contribution in [0.15, 0.2) is 36.4 Å². The molecule has 2 nitrogen and oxygen atoms in total. The van der Waals surface area contributed by atoms with Gasteiger partial charge in [0.05, 0.1) is 11.7 Å². The molecule has 21 heavy (non-hydrogen) atoms. The van der Waals surface area contributed by atoms with Gasteiger partial charge in [-0.05, 0) is 49.1 Å². The van der Waals surface area contributed by atoms with Crippen LogP contribution in [-0.2, 0) is 0 Å². The number of aliphatic hydroxyl groups excluding tert-OH is 1. The van der Waals surface area contributed by atoms with E-state index in [1.807, 2.05) is 25.1 Å². The first kappa shape index (κ1) is 15.5. The smallest absolute Gasteiger partial charge is 0.136 e. The highest BCUT2D eigenvalue weighted by atomic mass is 19.1. The Labute approximate surface area is 125 Å². The molecule has 0 radical (unpaired) electrons. The first-order valence-corrected chi connectivity index (χ1v) is 7.15. The molecule has 0 fully saturated rings.